The minimum Gasteiger partial charge on any atom is -0.490 e. The molecule has 2 N–H and O–H groups in total. The van der Waals surface area contributed by atoms with Crippen molar-refractivity contribution in [3.05, 3.63) is 46.9 Å². The lowest BCUT2D eigenvalue weighted by Gasteiger charge is -2.25. The fourth-order valence-corrected chi connectivity index (χ4v) is 2.68. The Morgan fingerprint density at radius 1 is 1.20 bits per heavy atom. The Balaban J connectivity index is 2.02. The molecule has 0 bridgehead atoms. The van der Waals surface area contributed by atoms with Crippen LogP contribution in [-0.2, 0) is 0 Å². The molecule has 0 radical (unpaired) electrons. The number of fused-ring (bicyclic) bond motifs is 1. The Morgan fingerprint density at radius 2 is 2.00 bits per heavy atom. The van der Waals surface area contributed by atoms with Crippen LogP contribution < -0.4 is 15.6 Å². The van der Waals surface area contributed by atoms with E-state index in [1.807, 2.05) is 18.2 Å². The summed E-state index contributed by atoms with van der Waals surface area (Å²) in [6, 6.07) is 5.58. The van der Waals surface area contributed by atoms with E-state index in [0.29, 0.717) is 5.39 Å². The number of hydrogen-bond acceptors (Lipinski definition) is 3. The highest BCUT2D eigenvalue weighted by molar-refractivity contribution is 5.92. The van der Waals surface area contributed by atoms with Gasteiger partial charge in [-0.25, -0.2) is 0 Å². The molecular formula is C16H18N2O2. The lowest BCUT2D eigenvalue weighted by atomic mass is 10.0. The maximum absolute atomic E-state index is 11.8. The Morgan fingerprint density at radius 3 is 2.75 bits per heavy atom. The molecule has 1 fully saturated rings. The van der Waals surface area contributed by atoms with Gasteiger partial charge in [0.25, 0.3) is 5.56 Å². The van der Waals surface area contributed by atoms with Crippen LogP contribution in [0.1, 0.15) is 18.4 Å². The minimum absolute atomic E-state index is 0.0842. The molecule has 104 valence electrons. The maximum atomic E-state index is 11.8. The standard InChI is InChI=1S/C16H18N2O2/c1-2-12-13-7-10-18-16(19)14(13)3-4-15(12)20-11-5-8-17-9-6-11/h2-4,7,10-11,17H,1,5-6,8-9H2,(H,18,19). The Bertz CT molecular complexity index is 684. The quantitative estimate of drug-likeness (QED) is 0.900. The summed E-state index contributed by atoms with van der Waals surface area (Å²) in [5.74, 6) is 0.810. The highest BCUT2D eigenvalue weighted by Crippen LogP contribution is 2.29. The smallest absolute Gasteiger partial charge is 0.255 e. The molecule has 0 saturated carbocycles. The molecule has 1 aliphatic rings. The van der Waals surface area contributed by atoms with Gasteiger partial charge in [-0.15, -0.1) is 0 Å². The average Bonchev–Trinajstić information content (AvgIpc) is 2.48. The largest absolute Gasteiger partial charge is 0.490 e. The van der Waals surface area contributed by atoms with Crippen molar-refractivity contribution in [1.29, 1.82) is 0 Å². The van der Waals surface area contributed by atoms with Gasteiger partial charge in [0.2, 0.25) is 0 Å². The van der Waals surface area contributed by atoms with Crippen LogP contribution in [0.2, 0.25) is 0 Å². The number of piperidine rings is 1. The number of ether oxygens (including phenoxy) is 1. The van der Waals surface area contributed by atoms with E-state index in [0.717, 1.165) is 42.6 Å². The second-order valence-electron chi connectivity index (χ2n) is 5.02. The molecule has 4 heteroatoms. The maximum Gasteiger partial charge on any atom is 0.255 e. The highest BCUT2D eigenvalue weighted by atomic mass is 16.5. The first-order chi connectivity index (χ1) is 9.79. The van der Waals surface area contributed by atoms with Crippen LogP contribution in [-0.4, -0.2) is 24.2 Å². The molecule has 0 atom stereocenters. The van der Waals surface area contributed by atoms with Crippen molar-refractivity contribution in [2.24, 2.45) is 0 Å². The second kappa shape index (κ2) is 5.51. The molecule has 1 saturated heterocycles. The topological polar surface area (TPSA) is 54.1 Å². The number of aromatic amines is 1. The van der Waals surface area contributed by atoms with Crippen molar-refractivity contribution in [2.75, 3.05) is 13.1 Å². The lowest BCUT2D eigenvalue weighted by molar-refractivity contribution is 0.162. The van der Waals surface area contributed by atoms with Gasteiger partial charge in [-0.1, -0.05) is 12.7 Å². The third-order valence-electron chi connectivity index (χ3n) is 3.74. The fourth-order valence-electron chi connectivity index (χ4n) is 2.68. The van der Waals surface area contributed by atoms with Crippen molar-refractivity contribution < 1.29 is 4.74 Å². The van der Waals surface area contributed by atoms with Gasteiger partial charge >= 0.3 is 0 Å². The monoisotopic (exact) mass is 270 g/mol. The summed E-state index contributed by atoms with van der Waals surface area (Å²) in [6.07, 6.45) is 5.66. The molecule has 0 aliphatic carbocycles. The van der Waals surface area contributed by atoms with E-state index in [-0.39, 0.29) is 11.7 Å². The highest BCUT2D eigenvalue weighted by Gasteiger charge is 2.16. The van der Waals surface area contributed by atoms with Crippen LogP contribution >= 0.6 is 0 Å². The molecule has 4 nitrogen and oxygen atoms in total. The summed E-state index contributed by atoms with van der Waals surface area (Å²) in [6.45, 7) is 5.83. The first-order valence-corrected chi connectivity index (χ1v) is 6.94. The zero-order valence-corrected chi connectivity index (χ0v) is 11.3. The lowest BCUT2D eigenvalue weighted by Crippen LogP contribution is -2.34. The van der Waals surface area contributed by atoms with Crippen LogP contribution in [0.5, 0.6) is 5.75 Å². The van der Waals surface area contributed by atoms with Gasteiger partial charge in [0, 0.05) is 17.1 Å². The predicted octanol–water partition coefficient (Wildman–Crippen LogP) is 2.30. The van der Waals surface area contributed by atoms with Gasteiger partial charge in [0.1, 0.15) is 11.9 Å². The third kappa shape index (κ3) is 2.34. The molecular weight excluding hydrogens is 252 g/mol. The van der Waals surface area contributed by atoms with Crippen molar-refractivity contribution in [1.82, 2.24) is 10.3 Å². The van der Waals surface area contributed by atoms with E-state index in [2.05, 4.69) is 16.9 Å². The Labute approximate surface area is 117 Å². The summed E-state index contributed by atoms with van der Waals surface area (Å²) in [5, 5.41) is 4.87. The van der Waals surface area contributed by atoms with Crippen molar-refractivity contribution >= 4 is 16.8 Å². The number of aromatic nitrogens is 1. The third-order valence-corrected chi connectivity index (χ3v) is 3.74. The van der Waals surface area contributed by atoms with E-state index in [1.165, 1.54) is 0 Å². The van der Waals surface area contributed by atoms with E-state index >= 15 is 0 Å². The summed E-state index contributed by atoms with van der Waals surface area (Å²) in [4.78, 5) is 14.5. The molecule has 1 aliphatic heterocycles. The number of nitrogens with one attached hydrogen (secondary N) is 2. The zero-order valence-electron chi connectivity index (χ0n) is 11.3. The van der Waals surface area contributed by atoms with Crippen LogP contribution in [0.25, 0.3) is 16.8 Å². The molecule has 2 aromatic rings. The number of hydrogen-bond donors (Lipinski definition) is 2. The Hall–Kier alpha value is -2.07. The zero-order chi connectivity index (χ0) is 13.9. The summed E-state index contributed by atoms with van der Waals surface area (Å²) in [7, 11) is 0. The molecule has 2 heterocycles. The molecule has 0 spiro atoms. The fraction of sp³-hybridized carbons (Fsp3) is 0.312. The van der Waals surface area contributed by atoms with Gasteiger partial charge in [0.05, 0.1) is 0 Å². The number of rotatable bonds is 3. The molecule has 1 aromatic carbocycles. The first kappa shape index (κ1) is 12.9. The minimum atomic E-state index is -0.0842. The number of pyridine rings is 1. The summed E-state index contributed by atoms with van der Waals surface area (Å²) in [5.41, 5.74) is 0.811. The summed E-state index contributed by atoms with van der Waals surface area (Å²) >= 11 is 0. The normalized spacial score (nSPS) is 16.2. The number of H-pyrrole nitrogens is 1. The van der Waals surface area contributed by atoms with E-state index in [9.17, 15) is 4.79 Å². The molecule has 0 amide bonds. The van der Waals surface area contributed by atoms with Crippen molar-refractivity contribution in [3.8, 4) is 5.75 Å². The average molecular weight is 270 g/mol. The number of benzene rings is 1. The van der Waals surface area contributed by atoms with E-state index < -0.39 is 0 Å². The van der Waals surface area contributed by atoms with Crippen LogP contribution in [0.4, 0.5) is 0 Å². The van der Waals surface area contributed by atoms with Crippen molar-refractivity contribution in [2.45, 2.75) is 18.9 Å². The first-order valence-electron chi connectivity index (χ1n) is 6.94. The molecule has 3 rings (SSSR count). The Kier molecular flexibility index (Phi) is 3.56. The summed E-state index contributed by atoms with van der Waals surface area (Å²) < 4.78 is 6.10. The van der Waals surface area contributed by atoms with Crippen molar-refractivity contribution in [3.63, 3.8) is 0 Å². The molecule has 1 aromatic heterocycles. The predicted molar refractivity (Wildman–Crippen MR) is 81.2 cm³/mol. The van der Waals surface area contributed by atoms with Crippen LogP contribution in [0, 0.1) is 0 Å². The van der Waals surface area contributed by atoms with Gasteiger partial charge in [-0.3, -0.25) is 4.79 Å². The van der Waals surface area contributed by atoms with Gasteiger partial charge in [-0.2, -0.15) is 0 Å². The van der Waals surface area contributed by atoms with Gasteiger partial charge in [0.15, 0.2) is 0 Å². The van der Waals surface area contributed by atoms with Gasteiger partial charge < -0.3 is 15.0 Å². The molecule has 0 unspecified atom stereocenters. The van der Waals surface area contributed by atoms with E-state index in [4.69, 9.17) is 4.74 Å². The second-order valence-corrected chi connectivity index (χ2v) is 5.02. The van der Waals surface area contributed by atoms with Crippen LogP contribution in [0.15, 0.2) is 35.8 Å². The molecule has 20 heavy (non-hydrogen) atoms. The van der Waals surface area contributed by atoms with E-state index in [1.54, 1.807) is 12.3 Å². The van der Waals surface area contributed by atoms with Gasteiger partial charge in [-0.05, 0) is 49.5 Å². The van der Waals surface area contributed by atoms with Crippen LogP contribution in [0.3, 0.4) is 0 Å². The SMILES string of the molecule is C=Cc1c(OC2CCNCC2)ccc2c(=O)[nH]ccc12.